The molecule has 0 bridgehead atoms. The summed E-state index contributed by atoms with van der Waals surface area (Å²) in [5, 5.41) is 3.19. The van der Waals surface area contributed by atoms with E-state index < -0.39 is 0 Å². The zero-order valence-electron chi connectivity index (χ0n) is 15.0. The second-order valence-corrected chi connectivity index (χ2v) is 7.59. The standard InChI is InChI=1S/C20H29N3O2/c24-20(21-19-7-3-5-17-4-1-2-6-18(17)19)23-9-8-16(15-23)14-22-10-12-25-13-11-22/h3,5,7,16H,1-2,4,6,8-15H2,(H,21,24). The summed E-state index contributed by atoms with van der Waals surface area (Å²) < 4.78 is 5.42. The Bertz CT molecular complexity index is 613. The van der Waals surface area contributed by atoms with Gasteiger partial charge in [-0.2, -0.15) is 0 Å². The van der Waals surface area contributed by atoms with Gasteiger partial charge >= 0.3 is 6.03 Å². The van der Waals surface area contributed by atoms with Gasteiger partial charge in [0.15, 0.2) is 0 Å². The molecule has 1 N–H and O–H groups in total. The predicted molar refractivity (Wildman–Crippen MR) is 99.0 cm³/mol. The van der Waals surface area contributed by atoms with E-state index in [0.29, 0.717) is 5.92 Å². The van der Waals surface area contributed by atoms with Crippen molar-refractivity contribution in [3.63, 3.8) is 0 Å². The predicted octanol–water partition coefficient (Wildman–Crippen LogP) is 2.75. The highest BCUT2D eigenvalue weighted by molar-refractivity contribution is 5.90. The number of hydrogen-bond acceptors (Lipinski definition) is 3. The van der Waals surface area contributed by atoms with Gasteiger partial charge in [0.2, 0.25) is 0 Å². The Hall–Kier alpha value is -1.59. The number of benzene rings is 1. The van der Waals surface area contributed by atoms with Crippen LogP contribution in [0.2, 0.25) is 0 Å². The van der Waals surface area contributed by atoms with Crippen molar-refractivity contribution in [1.82, 2.24) is 9.80 Å². The number of fused-ring (bicyclic) bond motifs is 1. The third-order valence-electron chi connectivity index (χ3n) is 5.83. The second-order valence-electron chi connectivity index (χ2n) is 7.59. The molecule has 0 aromatic heterocycles. The van der Waals surface area contributed by atoms with Crippen LogP contribution in [0.5, 0.6) is 0 Å². The first-order valence-corrected chi connectivity index (χ1v) is 9.76. The van der Waals surface area contributed by atoms with Gasteiger partial charge in [-0.05, 0) is 55.2 Å². The molecule has 2 amide bonds. The maximum absolute atomic E-state index is 12.7. The fourth-order valence-electron chi connectivity index (χ4n) is 4.41. The number of nitrogens with one attached hydrogen (secondary N) is 1. The molecule has 1 aliphatic carbocycles. The molecular weight excluding hydrogens is 314 g/mol. The van der Waals surface area contributed by atoms with Crippen molar-refractivity contribution >= 4 is 11.7 Å². The molecule has 25 heavy (non-hydrogen) atoms. The van der Waals surface area contributed by atoms with Gasteiger partial charge in [0.05, 0.1) is 13.2 Å². The summed E-state index contributed by atoms with van der Waals surface area (Å²) in [4.78, 5) is 17.2. The van der Waals surface area contributed by atoms with E-state index in [1.807, 2.05) is 4.90 Å². The molecule has 2 fully saturated rings. The maximum atomic E-state index is 12.7. The first-order valence-electron chi connectivity index (χ1n) is 9.76. The van der Waals surface area contributed by atoms with E-state index in [0.717, 1.165) is 70.9 Å². The number of anilines is 1. The number of aryl methyl sites for hydroxylation is 1. The Morgan fingerprint density at radius 1 is 1.16 bits per heavy atom. The first-order chi connectivity index (χ1) is 12.3. The first kappa shape index (κ1) is 16.9. The number of nitrogens with zero attached hydrogens (tertiary/aromatic N) is 2. The summed E-state index contributed by atoms with van der Waals surface area (Å²) in [5.41, 5.74) is 3.79. The normalized spacial score (nSPS) is 24.2. The summed E-state index contributed by atoms with van der Waals surface area (Å²) >= 11 is 0. The van der Waals surface area contributed by atoms with Gasteiger partial charge < -0.3 is 15.0 Å². The smallest absolute Gasteiger partial charge is 0.321 e. The number of morpholine rings is 1. The molecule has 5 heteroatoms. The minimum Gasteiger partial charge on any atom is -0.379 e. The lowest BCUT2D eigenvalue weighted by atomic mass is 9.90. The van der Waals surface area contributed by atoms with Crippen LogP contribution in [0.3, 0.4) is 0 Å². The van der Waals surface area contributed by atoms with Crippen molar-refractivity contribution in [2.24, 2.45) is 5.92 Å². The number of amides is 2. The SMILES string of the molecule is O=C(Nc1cccc2c1CCCC2)N1CCC(CN2CCOCC2)C1. The van der Waals surface area contributed by atoms with Gasteiger partial charge in [0.25, 0.3) is 0 Å². The molecule has 5 nitrogen and oxygen atoms in total. The highest BCUT2D eigenvalue weighted by Crippen LogP contribution is 2.28. The topological polar surface area (TPSA) is 44.8 Å². The number of likely N-dealkylation sites (tertiary alicyclic amines) is 1. The molecule has 136 valence electrons. The molecule has 2 saturated heterocycles. The van der Waals surface area contributed by atoms with Crippen LogP contribution in [-0.4, -0.2) is 61.8 Å². The van der Waals surface area contributed by atoms with E-state index in [1.54, 1.807) is 0 Å². The molecule has 3 aliphatic rings. The van der Waals surface area contributed by atoms with Crippen molar-refractivity contribution in [1.29, 1.82) is 0 Å². The van der Waals surface area contributed by atoms with Crippen molar-refractivity contribution in [3.05, 3.63) is 29.3 Å². The minimum absolute atomic E-state index is 0.0726. The summed E-state index contributed by atoms with van der Waals surface area (Å²) in [6.07, 6.45) is 5.83. The minimum atomic E-state index is 0.0726. The average Bonchev–Trinajstić information content (AvgIpc) is 3.11. The van der Waals surface area contributed by atoms with E-state index in [4.69, 9.17) is 4.74 Å². The second kappa shape index (κ2) is 7.75. The van der Waals surface area contributed by atoms with Crippen LogP contribution in [0.15, 0.2) is 18.2 Å². The van der Waals surface area contributed by atoms with Crippen molar-refractivity contribution < 1.29 is 9.53 Å². The number of carbonyl (C=O) groups excluding carboxylic acids is 1. The van der Waals surface area contributed by atoms with Gasteiger partial charge in [-0.3, -0.25) is 4.90 Å². The van der Waals surface area contributed by atoms with E-state index in [9.17, 15) is 4.79 Å². The third-order valence-corrected chi connectivity index (χ3v) is 5.83. The zero-order chi connectivity index (χ0) is 17.1. The molecule has 4 rings (SSSR count). The fraction of sp³-hybridized carbons (Fsp3) is 0.650. The number of hydrogen-bond donors (Lipinski definition) is 1. The van der Waals surface area contributed by atoms with Crippen molar-refractivity contribution in [3.8, 4) is 0 Å². The van der Waals surface area contributed by atoms with Crippen LogP contribution in [-0.2, 0) is 17.6 Å². The molecule has 1 aromatic rings. The van der Waals surface area contributed by atoms with Gasteiger partial charge in [-0.1, -0.05) is 12.1 Å². The Labute approximate surface area is 150 Å². The average molecular weight is 343 g/mol. The van der Waals surface area contributed by atoms with E-state index in [1.165, 1.54) is 24.0 Å². The van der Waals surface area contributed by atoms with E-state index >= 15 is 0 Å². The number of carbonyl (C=O) groups is 1. The van der Waals surface area contributed by atoms with E-state index in [2.05, 4.69) is 28.4 Å². The van der Waals surface area contributed by atoms with Crippen LogP contribution in [0.25, 0.3) is 0 Å². The van der Waals surface area contributed by atoms with Crippen LogP contribution in [0.4, 0.5) is 10.5 Å². The third kappa shape index (κ3) is 3.98. The Balaban J connectivity index is 1.33. The largest absolute Gasteiger partial charge is 0.379 e. The van der Waals surface area contributed by atoms with Crippen LogP contribution in [0.1, 0.15) is 30.4 Å². The quantitative estimate of drug-likeness (QED) is 0.918. The van der Waals surface area contributed by atoms with E-state index in [-0.39, 0.29) is 6.03 Å². The van der Waals surface area contributed by atoms with Crippen LogP contribution in [0, 0.1) is 5.92 Å². The highest BCUT2D eigenvalue weighted by Gasteiger charge is 2.28. The molecule has 0 saturated carbocycles. The monoisotopic (exact) mass is 343 g/mol. The number of urea groups is 1. The molecule has 2 heterocycles. The Kier molecular flexibility index (Phi) is 5.22. The number of rotatable bonds is 3. The summed E-state index contributed by atoms with van der Waals surface area (Å²) in [6.45, 7) is 6.58. The van der Waals surface area contributed by atoms with Crippen LogP contribution >= 0.6 is 0 Å². The summed E-state index contributed by atoms with van der Waals surface area (Å²) in [7, 11) is 0. The van der Waals surface area contributed by atoms with Crippen molar-refractivity contribution in [2.75, 3.05) is 51.3 Å². The highest BCUT2D eigenvalue weighted by atomic mass is 16.5. The van der Waals surface area contributed by atoms with Gasteiger partial charge in [-0.15, -0.1) is 0 Å². The molecule has 1 atom stereocenters. The fourth-order valence-corrected chi connectivity index (χ4v) is 4.41. The molecule has 1 unspecified atom stereocenters. The Morgan fingerprint density at radius 2 is 2.00 bits per heavy atom. The molecule has 2 aliphatic heterocycles. The van der Waals surface area contributed by atoms with Crippen molar-refractivity contribution in [2.45, 2.75) is 32.1 Å². The lowest BCUT2D eigenvalue weighted by Gasteiger charge is -2.29. The zero-order valence-corrected chi connectivity index (χ0v) is 15.0. The van der Waals surface area contributed by atoms with Gasteiger partial charge in [0, 0.05) is 38.4 Å². The van der Waals surface area contributed by atoms with Gasteiger partial charge in [-0.25, -0.2) is 4.79 Å². The lowest BCUT2D eigenvalue weighted by molar-refractivity contribution is 0.0314. The van der Waals surface area contributed by atoms with Crippen LogP contribution < -0.4 is 5.32 Å². The molecule has 0 spiro atoms. The number of ether oxygens (including phenoxy) is 1. The molecular formula is C20H29N3O2. The molecule has 0 radical (unpaired) electrons. The molecule has 1 aromatic carbocycles. The Morgan fingerprint density at radius 3 is 2.88 bits per heavy atom. The lowest BCUT2D eigenvalue weighted by Crippen LogP contribution is -2.40. The summed E-state index contributed by atoms with van der Waals surface area (Å²) in [5.74, 6) is 0.591. The van der Waals surface area contributed by atoms with Gasteiger partial charge in [0.1, 0.15) is 0 Å². The maximum Gasteiger partial charge on any atom is 0.321 e. The summed E-state index contributed by atoms with van der Waals surface area (Å²) in [6, 6.07) is 6.41.